The fourth-order valence-electron chi connectivity index (χ4n) is 2.26. The van der Waals surface area contributed by atoms with Crippen LogP contribution in [0.4, 0.5) is 5.69 Å². The number of hydrogen-bond acceptors (Lipinski definition) is 5. The molecule has 2 N–H and O–H groups in total. The van der Waals surface area contributed by atoms with Crippen molar-refractivity contribution in [2.75, 3.05) is 26.1 Å². The molecule has 0 bridgehead atoms. The third kappa shape index (κ3) is 2.38. The topological polar surface area (TPSA) is 70.8 Å². The zero-order valence-corrected chi connectivity index (χ0v) is 11.6. The highest BCUT2D eigenvalue weighted by molar-refractivity contribution is 6.13. The van der Waals surface area contributed by atoms with Gasteiger partial charge in [-0.2, -0.15) is 0 Å². The maximum atomic E-state index is 12.6. The number of hydrogen-bond donors (Lipinski definition) is 1. The molecule has 0 amide bonds. The largest absolute Gasteiger partial charge is 0.495 e. The molecule has 0 saturated carbocycles. The van der Waals surface area contributed by atoms with Gasteiger partial charge in [0.05, 0.1) is 12.8 Å². The van der Waals surface area contributed by atoms with E-state index in [1.165, 1.54) is 7.11 Å². The first-order valence-electron chi connectivity index (χ1n) is 6.57. The summed E-state index contributed by atoms with van der Waals surface area (Å²) in [5, 5.41) is 0. The average molecular weight is 285 g/mol. The van der Waals surface area contributed by atoms with Crippen molar-refractivity contribution in [3.05, 3.63) is 47.5 Å². The number of rotatable bonds is 3. The number of anilines is 1. The van der Waals surface area contributed by atoms with E-state index >= 15 is 0 Å². The summed E-state index contributed by atoms with van der Waals surface area (Å²) < 4.78 is 16.1. The second-order valence-electron chi connectivity index (χ2n) is 4.61. The van der Waals surface area contributed by atoms with Crippen LogP contribution >= 0.6 is 0 Å². The maximum absolute atomic E-state index is 12.6. The Labute approximate surface area is 122 Å². The fraction of sp³-hybridized carbons (Fsp3) is 0.188. The summed E-state index contributed by atoms with van der Waals surface area (Å²) in [6.45, 7) is 0.995. The van der Waals surface area contributed by atoms with Crippen LogP contribution in [0.1, 0.15) is 15.9 Å². The Balaban J connectivity index is 1.99. The standard InChI is InChI=1S/C16H15NO4/c1-19-13-4-2-3-11(15(13)17)16(18)10-5-6-12-14(9-10)21-8-7-20-12/h2-6,9H,7-8,17H2,1H3. The van der Waals surface area contributed by atoms with E-state index in [1.807, 2.05) is 0 Å². The third-order valence-electron chi connectivity index (χ3n) is 3.34. The monoisotopic (exact) mass is 285 g/mol. The summed E-state index contributed by atoms with van der Waals surface area (Å²) >= 11 is 0. The van der Waals surface area contributed by atoms with Gasteiger partial charge in [-0.25, -0.2) is 0 Å². The van der Waals surface area contributed by atoms with Crippen LogP contribution < -0.4 is 19.9 Å². The van der Waals surface area contributed by atoms with Gasteiger partial charge in [0.1, 0.15) is 19.0 Å². The van der Waals surface area contributed by atoms with E-state index < -0.39 is 0 Å². The maximum Gasteiger partial charge on any atom is 0.195 e. The number of ether oxygens (including phenoxy) is 3. The smallest absolute Gasteiger partial charge is 0.195 e. The van der Waals surface area contributed by atoms with Gasteiger partial charge in [-0.15, -0.1) is 0 Å². The average Bonchev–Trinajstić information content (AvgIpc) is 2.54. The summed E-state index contributed by atoms with van der Waals surface area (Å²) in [6, 6.07) is 10.2. The number of carbonyl (C=O) groups excluding carboxylic acids is 1. The summed E-state index contributed by atoms with van der Waals surface area (Å²) in [5.41, 5.74) is 7.21. The van der Waals surface area contributed by atoms with Gasteiger partial charge in [-0.3, -0.25) is 4.79 Å². The summed E-state index contributed by atoms with van der Waals surface area (Å²) in [6.07, 6.45) is 0. The molecule has 0 spiro atoms. The van der Waals surface area contributed by atoms with Crippen LogP contribution in [0.5, 0.6) is 17.2 Å². The molecular formula is C16H15NO4. The minimum absolute atomic E-state index is 0.177. The van der Waals surface area contributed by atoms with Crippen LogP contribution in [-0.2, 0) is 0 Å². The Morgan fingerprint density at radius 3 is 2.67 bits per heavy atom. The van der Waals surface area contributed by atoms with Crippen molar-refractivity contribution in [3.63, 3.8) is 0 Å². The number of nitrogen functional groups attached to an aromatic ring is 1. The molecule has 0 fully saturated rings. The molecule has 1 aliphatic rings. The summed E-state index contributed by atoms with van der Waals surface area (Å²) in [5.74, 6) is 1.53. The lowest BCUT2D eigenvalue weighted by atomic mass is 10.0. The minimum atomic E-state index is -0.177. The molecule has 1 aliphatic heterocycles. The first-order valence-corrected chi connectivity index (χ1v) is 6.57. The van der Waals surface area contributed by atoms with Gasteiger partial charge in [0.25, 0.3) is 0 Å². The highest BCUT2D eigenvalue weighted by atomic mass is 16.6. The second kappa shape index (κ2) is 5.36. The normalized spacial score (nSPS) is 12.8. The molecule has 2 aromatic rings. The fourth-order valence-corrected chi connectivity index (χ4v) is 2.26. The molecule has 21 heavy (non-hydrogen) atoms. The highest BCUT2D eigenvalue weighted by Crippen LogP contribution is 2.33. The van der Waals surface area contributed by atoms with E-state index in [0.717, 1.165) is 0 Å². The van der Waals surface area contributed by atoms with E-state index in [-0.39, 0.29) is 5.78 Å². The van der Waals surface area contributed by atoms with Gasteiger partial charge in [0.15, 0.2) is 17.3 Å². The number of nitrogens with two attached hydrogens (primary N) is 1. The molecule has 5 nitrogen and oxygen atoms in total. The Kier molecular flexibility index (Phi) is 3.39. The molecular weight excluding hydrogens is 270 g/mol. The van der Waals surface area contributed by atoms with Gasteiger partial charge in [0, 0.05) is 11.1 Å². The molecule has 0 atom stereocenters. The van der Waals surface area contributed by atoms with Crippen molar-refractivity contribution in [2.24, 2.45) is 0 Å². The SMILES string of the molecule is COc1cccc(C(=O)c2ccc3c(c2)OCCO3)c1N. The highest BCUT2D eigenvalue weighted by Gasteiger charge is 2.18. The quantitative estimate of drug-likeness (QED) is 0.692. The summed E-state index contributed by atoms with van der Waals surface area (Å²) in [7, 11) is 1.52. The third-order valence-corrected chi connectivity index (χ3v) is 3.34. The number of carbonyl (C=O) groups is 1. The lowest BCUT2D eigenvalue weighted by Gasteiger charge is -2.18. The molecule has 2 aromatic carbocycles. The van der Waals surface area contributed by atoms with Gasteiger partial charge < -0.3 is 19.9 Å². The molecule has 0 saturated heterocycles. The van der Waals surface area contributed by atoms with E-state index in [9.17, 15) is 4.79 Å². The van der Waals surface area contributed by atoms with Crippen LogP contribution in [0, 0.1) is 0 Å². The van der Waals surface area contributed by atoms with Crippen molar-refractivity contribution >= 4 is 11.5 Å². The Morgan fingerprint density at radius 2 is 1.90 bits per heavy atom. The van der Waals surface area contributed by atoms with Crippen LogP contribution in [0.3, 0.4) is 0 Å². The second-order valence-corrected chi connectivity index (χ2v) is 4.61. The number of benzene rings is 2. The van der Waals surface area contributed by atoms with Crippen LogP contribution in [-0.4, -0.2) is 26.1 Å². The van der Waals surface area contributed by atoms with Crippen molar-refractivity contribution in [2.45, 2.75) is 0 Å². The molecule has 108 valence electrons. The van der Waals surface area contributed by atoms with E-state index in [4.69, 9.17) is 19.9 Å². The van der Waals surface area contributed by atoms with Crippen molar-refractivity contribution < 1.29 is 19.0 Å². The zero-order chi connectivity index (χ0) is 14.8. The predicted octanol–water partition coefficient (Wildman–Crippen LogP) is 2.28. The van der Waals surface area contributed by atoms with E-state index in [1.54, 1.807) is 36.4 Å². The lowest BCUT2D eigenvalue weighted by Crippen LogP contribution is -2.16. The first kappa shape index (κ1) is 13.3. The minimum Gasteiger partial charge on any atom is -0.495 e. The predicted molar refractivity (Wildman–Crippen MR) is 78.3 cm³/mol. The van der Waals surface area contributed by atoms with Gasteiger partial charge >= 0.3 is 0 Å². The zero-order valence-electron chi connectivity index (χ0n) is 11.6. The Morgan fingerprint density at radius 1 is 1.14 bits per heavy atom. The van der Waals surface area contributed by atoms with Crippen LogP contribution in [0.25, 0.3) is 0 Å². The number of methoxy groups -OCH3 is 1. The molecule has 5 heteroatoms. The number of ketones is 1. The van der Waals surface area contributed by atoms with Gasteiger partial charge in [-0.1, -0.05) is 6.07 Å². The van der Waals surface area contributed by atoms with Gasteiger partial charge in [-0.05, 0) is 30.3 Å². The molecule has 0 aliphatic carbocycles. The van der Waals surface area contributed by atoms with Crippen molar-refractivity contribution in [1.29, 1.82) is 0 Å². The molecule has 0 aromatic heterocycles. The van der Waals surface area contributed by atoms with Crippen molar-refractivity contribution in [3.8, 4) is 17.2 Å². The van der Waals surface area contributed by atoms with Crippen LogP contribution in [0.2, 0.25) is 0 Å². The lowest BCUT2D eigenvalue weighted by molar-refractivity contribution is 0.103. The Hall–Kier alpha value is -2.69. The van der Waals surface area contributed by atoms with Crippen LogP contribution in [0.15, 0.2) is 36.4 Å². The molecule has 0 unspecified atom stereocenters. The van der Waals surface area contributed by atoms with E-state index in [2.05, 4.69) is 0 Å². The summed E-state index contributed by atoms with van der Waals surface area (Å²) in [4.78, 5) is 12.6. The first-order chi connectivity index (χ1) is 10.2. The molecule has 3 rings (SSSR count). The van der Waals surface area contributed by atoms with Gasteiger partial charge in [0.2, 0.25) is 0 Å². The Bertz CT molecular complexity index is 697. The number of para-hydroxylation sites is 1. The number of fused-ring (bicyclic) bond motifs is 1. The van der Waals surface area contributed by atoms with E-state index in [0.29, 0.717) is 47.3 Å². The molecule has 0 radical (unpaired) electrons. The van der Waals surface area contributed by atoms with Crippen molar-refractivity contribution in [1.82, 2.24) is 0 Å². The molecule has 1 heterocycles.